The Balaban J connectivity index is 1.72. The average Bonchev–Trinajstić information content (AvgIpc) is 2.59. The summed E-state index contributed by atoms with van der Waals surface area (Å²) in [6.45, 7) is 4.39. The number of nitrogens with zero attached hydrogens (tertiary/aromatic N) is 2. The van der Waals surface area contributed by atoms with Crippen molar-refractivity contribution in [1.82, 2.24) is 15.2 Å². The summed E-state index contributed by atoms with van der Waals surface area (Å²) in [5.41, 5.74) is 4.07. The molecule has 1 aromatic carbocycles. The highest BCUT2D eigenvalue weighted by Crippen LogP contribution is 2.06. The second-order valence-corrected chi connectivity index (χ2v) is 6.28. The summed E-state index contributed by atoms with van der Waals surface area (Å²) in [6, 6.07) is 13.8. The Morgan fingerprint density at radius 3 is 2.48 bits per heavy atom. The molecule has 2 aromatic rings. The summed E-state index contributed by atoms with van der Waals surface area (Å²) in [5.74, 6) is -0.247. The van der Waals surface area contributed by atoms with Crippen molar-refractivity contribution in [2.45, 2.75) is 33.2 Å². The van der Waals surface area contributed by atoms with Gasteiger partial charge in [0.05, 0.1) is 18.8 Å². The molecule has 1 heterocycles. The maximum absolute atomic E-state index is 12.1. The molecule has 5 heteroatoms. The Hall–Kier alpha value is -2.69. The van der Waals surface area contributed by atoms with E-state index >= 15 is 0 Å². The molecule has 0 unspecified atom stereocenters. The van der Waals surface area contributed by atoms with E-state index in [-0.39, 0.29) is 18.4 Å². The molecular formula is C20H25N3O2. The molecule has 5 nitrogen and oxygen atoms in total. The summed E-state index contributed by atoms with van der Waals surface area (Å²) in [7, 11) is 1.71. The Kier molecular flexibility index (Phi) is 6.69. The predicted molar refractivity (Wildman–Crippen MR) is 98.0 cm³/mol. The minimum Gasteiger partial charge on any atom is -0.347 e. The van der Waals surface area contributed by atoms with Crippen LogP contribution in [-0.4, -0.2) is 35.3 Å². The van der Waals surface area contributed by atoms with Crippen molar-refractivity contribution < 1.29 is 9.59 Å². The van der Waals surface area contributed by atoms with Crippen molar-refractivity contribution in [1.29, 1.82) is 0 Å². The zero-order valence-corrected chi connectivity index (χ0v) is 15.1. The Morgan fingerprint density at radius 2 is 1.80 bits per heavy atom. The number of carbonyl (C=O) groups is 2. The minimum absolute atomic E-state index is 0.00898. The first-order valence-electron chi connectivity index (χ1n) is 8.43. The lowest BCUT2D eigenvalue weighted by molar-refractivity contribution is -0.132. The lowest BCUT2D eigenvalue weighted by Crippen LogP contribution is -2.38. The summed E-state index contributed by atoms with van der Waals surface area (Å²) in [4.78, 5) is 30.0. The molecule has 0 aliphatic rings. The highest BCUT2D eigenvalue weighted by Gasteiger charge is 2.11. The molecule has 0 saturated carbocycles. The Labute approximate surface area is 149 Å². The number of pyridine rings is 1. The van der Waals surface area contributed by atoms with Gasteiger partial charge < -0.3 is 10.2 Å². The maximum Gasteiger partial charge on any atom is 0.242 e. The quantitative estimate of drug-likeness (QED) is 0.842. The standard InChI is InChI=1S/C20H25N3O2/c1-15-7-9-17(10-8-15)11-12-19(24)21-13-20(25)23(3)14-18-6-4-5-16(2)22-18/h4-10H,11-14H2,1-3H3,(H,21,24). The Bertz CT molecular complexity index is 726. The number of nitrogens with one attached hydrogen (secondary N) is 1. The van der Waals surface area contributed by atoms with Gasteiger partial charge in [-0.05, 0) is 38.0 Å². The molecule has 1 N–H and O–H groups in total. The van der Waals surface area contributed by atoms with E-state index in [1.54, 1.807) is 11.9 Å². The van der Waals surface area contributed by atoms with Crippen LogP contribution >= 0.6 is 0 Å². The Morgan fingerprint density at radius 1 is 1.08 bits per heavy atom. The van der Waals surface area contributed by atoms with Crippen LogP contribution in [0.3, 0.4) is 0 Å². The van der Waals surface area contributed by atoms with Crippen molar-refractivity contribution in [3.63, 3.8) is 0 Å². The molecule has 0 aliphatic heterocycles. The third-order valence-electron chi connectivity index (χ3n) is 3.97. The number of benzene rings is 1. The third kappa shape index (κ3) is 6.37. The van der Waals surface area contributed by atoms with Crippen LogP contribution in [0.1, 0.15) is 28.9 Å². The van der Waals surface area contributed by atoms with Crippen LogP contribution in [0.25, 0.3) is 0 Å². The third-order valence-corrected chi connectivity index (χ3v) is 3.97. The van der Waals surface area contributed by atoms with Crippen molar-refractivity contribution >= 4 is 11.8 Å². The first-order chi connectivity index (χ1) is 11.9. The number of likely N-dealkylation sites (N-methyl/N-ethyl adjacent to an activating group) is 1. The SMILES string of the molecule is Cc1ccc(CCC(=O)NCC(=O)N(C)Cc2cccc(C)n2)cc1. The van der Waals surface area contributed by atoms with Gasteiger partial charge in [0, 0.05) is 19.2 Å². The number of aryl methyl sites for hydroxylation is 3. The fourth-order valence-electron chi connectivity index (χ4n) is 2.43. The molecule has 2 rings (SSSR count). The van der Waals surface area contributed by atoms with E-state index in [1.165, 1.54) is 5.56 Å². The van der Waals surface area contributed by atoms with Gasteiger partial charge in [-0.1, -0.05) is 35.9 Å². The van der Waals surface area contributed by atoms with Gasteiger partial charge in [0.1, 0.15) is 0 Å². The van der Waals surface area contributed by atoms with Gasteiger partial charge in [-0.2, -0.15) is 0 Å². The monoisotopic (exact) mass is 339 g/mol. The van der Waals surface area contributed by atoms with Crippen LogP contribution in [0, 0.1) is 13.8 Å². The second-order valence-electron chi connectivity index (χ2n) is 6.28. The summed E-state index contributed by atoms with van der Waals surface area (Å²) < 4.78 is 0. The normalized spacial score (nSPS) is 10.4. The molecule has 0 atom stereocenters. The number of aromatic nitrogens is 1. The summed E-state index contributed by atoms with van der Waals surface area (Å²) in [5, 5.41) is 2.69. The van der Waals surface area contributed by atoms with Crippen molar-refractivity contribution in [3.8, 4) is 0 Å². The highest BCUT2D eigenvalue weighted by molar-refractivity contribution is 5.84. The first kappa shape index (κ1) is 18.6. The van der Waals surface area contributed by atoms with Gasteiger partial charge >= 0.3 is 0 Å². The van der Waals surface area contributed by atoms with Gasteiger partial charge in [0.25, 0.3) is 0 Å². The average molecular weight is 339 g/mol. The van der Waals surface area contributed by atoms with E-state index < -0.39 is 0 Å². The smallest absolute Gasteiger partial charge is 0.242 e. The summed E-state index contributed by atoms with van der Waals surface area (Å²) in [6.07, 6.45) is 1.04. The van der Waals surface area contributed by atoms with Crippen LogP contribution in [0.2, 0.25) is 0 Å². The molecule has 0 saturated heterocycles. The van der Waals surface area contributed by atoms with E-state index in [1.807, 2.05) is 56.3 Å². The molecule has 132 valence electrons. The molecule has 25 heavy (non-hydrogen) atoms. The largest absolute Gasteiger partial charge is 0.347 e. The van der Waals surface area contributed by atoms with Crippen LogP contribution in [0.4, 0.5) is 0 Å². The molecule has 0 radical (unpaired) electrons. The van der Waals surface area contributed by atoms with Crippen molar-refractivity contribution in [2.24, 2.45) is 0 Å². The molecule has 0 aliphatic carbocycles. The zero-order valence-electron chi connectivity index (χ0n) is 15.1. The van der Waals surface area contributed by atoms with Gasteiger partial charge in [0.15, 0.2) is 0 Å². The highest BCUT2D eigenvalue weighted by atomic mass is 16.2. The van der Waals surface area contributed by atoms with E-state index in [0.29, 0.717) is 19.4 Å². The van der Waals surface area contributed by atoms with E-state index in [9.17, 15) is 9.59 Å². The molecule has 1 aromatic heterocycles. The number of hydrogen-bond acceptors (Lipinski definition) is 3. The predicted octanol–water partition coefficient (Wildman–Crippen LogP) is 2.41. The number of amides is 2. The van der Waals surface area contributed by atoms with Crippen LogP contribution < -0.4 is 5.32 Å². The van der Waals surface area contributed by atoms with Gasteiger partial charge in [0.2, 0.25) is 11.8 Å². The molecule has 0 spiro atoms. The van der Waals surface area contributed by atoms with Crippen molar-refractivity contribution in [2.75, 3.05) is 13.6 Å². The molecule has 2 amide bonds. The fraction of sp³-hybridized carbons (Fsp3) is 0.350. The molecule has 0 bridgehead atoms. The second kappa shape index (κ2) is 8.97. The lowest BCUT2D eigenvalue weighted by Gasteiger charge is -2.17. The molecule has 0 fully saturated rings. The van der Waals surface area contributed by atoms with Gasteiger partial charge in [-0.25, -0.2) is 0 Å². The fourth-order valence-corrected chi connectivity index (χ4v) is 2.43. The topological polar surface area (TPSA) is 62.3 Å². The number of rotatable bonds is 7. The van der Waals surface area contributed by atoms with E-state index in [4.69, 9.17) is 0 Å². The maximum atomic E-state index is 12.1. The number of carbonyl (C=O) groups excluding carboxylic acids is 2. The van der Waals surface area contributed by atoms with E-state index in [0.717, 1.165) is 17.0 Å². The van der Waals surface area contributed by atoms with Crippen molar-refractivity contribution in [3.05, 3.63) is 65.0 Å². The minimum atomic E-state index is -0.132. The van der Waals surface area contributed by atoms with Crippen LogP contribution in [0.15, 0.2) is 42.5 Å². The van der Waals surface area contributed by atoms with Crippen LogP contribution in [0.5, 0.6) is 0 Å². The van der Waals surface area contributed by atoms with E-state index in [2.05, 4.69) is 10.3 Å². The lowest BCUT2D eigenvalue weighted by atomic mass is 10.1. The van der Waals surface area contributed by atoms with Gasteiger partial charge in [-0.15, -0.1) is 0 Å². The molecular weight excluding hydrogens is 314 g/mol. The summed E-state index contributed by atoms with van der Waals surface area (Å²) >= 11 is 0. The zero-order chi connectivity index (χ0) is 18.2. The van der Waals surface area contributed by atoms with Crippen LogP contribution in [-0.2, 0) is 22.6 Å². The first-order valence-corrected chi connectivity index (χ1v) is 8.43. The number of hydrogen-bond donors (Lipinski definition) is 1. The van der Waals surface area contributed by atoms with Gasteiger partial charge in [-0.3, -0.25) is 14.6 Å².